The molecule has 1 aliphatic heterocycles. The number of carbonyl (C=O) groups excluding carboxylic acids is 2. The van der Waals surface area contributed by atoms with E-state index in [1.165, 1.54) is 12.2 Å². The standard InChI is InChI=1S/C13H17N5O4/c14-10(13(21)22)3-1-2-6-17-7-9(15-16-17)8-18-11(19)4-5-12(18)20/h4-5,7,10H,1-3,6,8,14H2,(H,21,22). The van der Waals surface area contributed by atoms with Crippen LogP contribution in [0.5, 0.6) is 0 Å². The maximum atomic E-state index is 11.4. The third kappa shape index (κ3) is 3.98. The lowest BCUT2D eigenvalue weighted by Gasteiger charge is -2.10. The lowest BCUT2D eigenvalue weighted by molar-refractivity contribution is -0.139. The molecule has 0 radical (unpaired) electrons. The Hall–Kier alpha value is -2.55. The molecule has 0 spiro atoms. The molecule has 118 valence electrons. The highest BCUT2D eigenvalue weighted by atomic mass is 16.4. The summed E-state index contributed by atoms with van der Waals surface area (Å²) >= 11 is 0. The van der Waals surface area contributed by atoms with E-state index < -0.39 is 12.0 Å². The number of imide groups is 1. The van der Waals surface area contributed by atoms with Crippen molar-refractivity contribution in [3.8, 4) is 0 Å². The number of hydrogen-bond donors (Lipinski definition) is 2. The number of rotatable bonds is 8. The Labute approximate surface area is 126 Å². The van der Waals surface area contributed by atoms with Crippen LogP contribution in [0.15, 0.2) is 18.3 Å². The Morgan fingerprint density at radius 1 is 1.27 bits per heavy atom. The molecule has 1 aromatic heterocycles. The zero-order chi connectivity index (χ0) is 16.1. The molecule has 22 heavy (non-hydrogen) atoms. The van der Waals surface area contributed by atoms with Crippen LogP contribution in [-0.2, 0) is 27.5 Å². The van der Waals surface area contributed by atoms with Gasteiger partial charge in [-0.1, -0.05) is 5.21 Å². The maximum absolute atomic E-state index is 11.4. The van der Waals surface area contributed by atoms with Crippen LogP contribution >= 0.6 is 0 Å². The van der Waals surface area contributed by atoms with Crippen LogP contribution in [0, 0.1) is 0 Å². The van der Waals surface area contributed by atoms with Gasteiger partial charge in [0, 0.05) is 18.7 Å². The van der Waals surface area contributed by atoms with Gasteiger partial charge in [0.05, 0.1) is 12.7 Å². The molecule has 0 saturated heterocycles. The van der Waals surface area contributed by atoms with Crippen LogP contribution in [0.1, 0.15) is 25.0 Å². The van der Waals surface area contributed by atoms with E-state index in [-0.39, 0.29) is 18.4 Å². The zero-order valence-electron chi connectivity index (χ0n) is 11.9. The summed E-state index contributed by atoms with van der Waals surface area (Å²) in [5, 5.41) is 16.5. The number of carbonyl (C=O) groups is 3. The first kappa shape index (κ1) is 15.8. The fourth-order valence-corrected chi connectivity index (χ4v) is 2.03. The lowest BCUT2D eigenvalue weighted by atomic mass is 10.1. The number of aryl methyl sites for hydroxylation is 1. The number of unbranched alkanes of at least 4 members (excludes halogenated alkanes) is 1. The van der Waals surface area contributed by atoms with Gasteiger partial charge in [0.25, 0.3) is 11.8 Å². The summed E-state index contributed by atoms with van der Waals surface area (Å²) in [4.78, 5) is 34.5. The topological polar surface area (TPSA) is 131 Å². The van der Waals surface area contributed by atoms with Gasteiger partial charge in [0.15, 0.2) is 0 Å². The van der Waals surface area contributed by atoms with Gasteiger partial charge in [0.2, 0.25) is 0 Å². The SMILES string of the molecule is NC(CCCCn1cc(CN2C(=O)C=CC2=O)nn1)C(=O)O. The van der Waals surface area contributed by atoms with Crippen LogP contribution in [0.3, 0.4) is 0 Å². The van der Waals surface area contributed by atoms with E-state index in [1.54, 1.807) is 10.9 Å². The van der Waals surface area contributed by atoms with E-state index in [2.05, 4.69) is 10.3 Å². The molecule has 3 N–H and O–H groups in total. The van der Waals surface area contributed by atoms with Gasteiger partial charge in [-0.15, -0.1) is 5.10 Å². The third-order valence-corrected chi connectivity index (χ3v) is 3.28. The molecular weight excluding hydrogens is 290 g/mol. The highest BCUT2D eigenvalue weighted by molar-refractivity contribution is 6.12. The summed E-state index contributed by atoms with van der Waals surface area (Å²) < 4.78 is 1.60. The van der Waals surface area contributed by atoms with Gasteiger partial charge in [-0.25, -0.2) is 0 Å². The van der Waals surface area contributed by atoms with Gasteiger partial charge in [-0.2, -0.15) is 0 Å². The summed E-state index contributed by atoms with van der Waals surface area (Å²) in [6.07, 6.45) is 5.88. The van der Waals surface area contributed by atoms with Crippen molar-refractivity contribution in [3.05, 3.63) is 24.0 Å². The average Bonchev–Trinajstić information content (AvgIpc) is 3.05. The molecule has 1 unspecified atom stereocenters. The molecule has 0 bridgehead atoms. The fourth-order valence-electron chi connectivity index (χ4n) is 2.03. The Morgan fingerprint density at radius 2 is 1.95 bits per heavy atom. The smallest absolute Gasteiger partial charge is 0.320 e. The molecule has 1 aromatic rings. The van der Waals surface area contributed by atoms with Crippen molar-refractivity contribution in [1.29, 1.82) is 0 Å². The number of carboxylic acids is 1. The second-order valence-corrected chi connectivity index (χ2v) is 5.01. The first-order valence-corrected chi connectivity index (χ1v) is 6.88. The second kappa shape index (κ2) is 6.94. The summed E-state index contributed by atoms with van der Waals surface area (Å²) in [6.45, 7) is 0.661. The first-order chi connectivity index (χ1) is 10.5. The molecule has 0 fully saturated rings. The van der Waals surface area contributed by atoms with Crippen molar-refractivity contribution in [3.63, 3.8) is 0 Å². The molecule has 9 heteroatoms. The number of carboxylic acid groups (broad SMARTS) is 1. The Bertz CT molecular complexity index is 591. The van der Waals surface area contributed by atoms with Crippen molar-refractivity contribution in [2.24, 2.45) is 5.73 Å². The fraction of sp³-hybridized carbons (Fsp3) is 0.462. The van der Waals surface area contributed by atoms with Crippen LogP contribution in [0.25, 0.3) is 0 Å². The van der Waals surface area contributed by atoms with Gasteiger partial charge in [0.1, 0.15) is 11.7 Å². The summed E-state index contributed by atoms with van der Waals surface area (Å²) in [5.41, 5.74) is 5.93. The van der Waals surface area contributed by atoms with Crippen molar-refractivity contribution in [2.45, 2.75) is 38.4 Å². The van der Waals surface area contributed by atoms with Crippen molar-refractivity contribution in [1.82, 2.24) is 19.9 Å². The predicted molar refractivity (Wildman–Crippen MR) is 74.2 cm³/mol. The molecule has 2 heterocycles. The van der Waals surface area contributed by atoms with E-state index >= 15 is 0 Å². The summed E-state index contributed by atoms with van der Waals surface area (Å²) in [5.74, 6) is -1.72. The number of aliphatic carboxylic acids is 1. The van der Waals surface area contributed by atoms with Gasteiger partial charge >= 0.3 is 5.97 Å². The van der Waals surface area contributed by atoms with Crippen LogP contribution in [0.4, 0.5) is 0 Å². The van der Waals surface area contributed by atoms with Gasteiger partial charge in [-0.05, 0) is 19.3 Å². The third-order valence-electron chi connectivity index (χ3n) is 3.28. The molecular formula is C13H17N5O4. The molecule has 2 amide bonds. The van der Waals surface area contributed by atoms with Gasteiger partial charge in [-0.3, -0.25) is 24.0 Å². The lowest BCUT2D eigenvalue weighted by Crippen LogP contribution is -2.29. The Kier molecular flexibility index (Phi) is 4.99. The minimum absolute atomic E-state index is 0.0918. The molecule has 0 aliphatic carbocycles. The molecule has 2 rings (SSSR count). The highest BCUT2D eigenvalue weighted by Crippen LogP contribution is 2.09. The largest absolute Gasteiger partial charge is 0.480 e. The van der Waals surface area contributed by atoms with Crippen molar-refractivity contribution in [2.75, 3.05) is 0 Å². The molecule has 1 aliphatic rings. The number of hydrogen-bond acceptors (Lipinski definition) is 6. The molecule has 9 nitrogen and oxygen atoms in total. The maximum Gasteiger partial charge on any atom is 0.320 e. The van der Waals surface area contributed by atoms with E-state index in [0.29, 0.717) is 31.5 Å². The Morgan fingerprint density at radius 3 is 2.59 bits per heavy atom. The van der Waals surface area contributed by atoms with Crippen LogP contribution in [0.2, 0.25) is 0 Å². The van der Waals surface area contributed by atoms with Crippen LogP contribution < -0.4 is 5.73 Å². The zero-order valence-corrected chi connectivity index (χ0v) is 11.9. The van der Waals surface area contributed by atoms with Crippen LogP contribution in [-0.4, -0.2) is 48.8 Å². The second-order valence-electron chi connectivity index (χ2n) is 5.01. The van der Waals surface area contributed by atoms with E-state index in [1.807, 2.05) is 0 Å². The predicted octanol–water partition coefficient (Wildman–Crippen LogP) is -0.715. The van der Waals surface area contributed by atoms with E-state index in [9.17, 15) is 14.4 Å². The average molecular weight is 307 g/mol. The summed E-state index contributed by atoms with van der Waals surface area (Å²) in [7, 11) is 0. The summed E-state index contributed by atoms with van der Waals surface area (Å²) in [6, 6.07) is -0.842. The highest BCUT2D eigenvalue weighted by Gasteiger charge is 2.24. The minimum atomic E-state index is -1.00. The van der Waals surface area contributed by atoms with E-state index in [4.69, 9.17) is 10.8 Å². The number of aromatic nitrogens is 3. The van der Waals surface area contributed by atoms with Crippen molar-refractivity contribution < 1.29 is 19.5 Å². The van der Waals surface area contributed by atoms with Gasteiger partial charge < -0.3 is 10.8 Å². The normalized spacial score (nSPS) is 15.6. The molecule has 0 saturated carbocycles. The molecule has 1 atom stereocenters. The van der Waals surface area contributed by atoms with E-state index in [0.717, 1.165) is 4.90 Å². The Balaban J connectivity index is 1.76. The first-order valence-electron chi connectivity index (χ1n) is 6.88. The quantitative estimate of drug-likeness (QED) is 0.478. The number of nitrogens with zero attached hydrogens (tertiary/aromatic N) is 4. The number of nitrogens with two attached hydrogens (primary N) is 1. The monoisotopic (exact) mass is 307 g/mol. The van der Waals surface area contributed by atoms with Crippen molar-refractivity contribution >= 4 is 17.8 Å². The minimum Gasteiger partial charge on any atom is -0.480 e. The number of amides is 2. The molecule has 0 aromatic carbocycles.